The highest BCUT2D eigenvalue weighted by Gasteiger charge is 2.16. The van der Waals surface area contributed by atoms with Crippen molar-refractivity contribution in [1.29, 1.82) is 5.26 Å². The lowest BCUT2D eigenvalue weighted by atomic mass is 9.85. The third-order valence-corrected chi connectivity index (χ3v) is 2.92. The molecule has 17 heavy (non-hydrogen) atoms. The molecule has 3 nitrogen and oxygen atoms in total. The molecule has 90 valence electrons. The second-order valence-electron chi connectivity index (χ2n) is 4.42. The molecular formula is C14H18N2O. The summed E-state index contributed by atoms with van der Waals surface area (Å²) in [5.74, 6) is 0.477. The summed E-state index contributed by atoms with van der Waals surface area (Å²) >= 11 is 0. The highest BCUT2D eigenvalue weighted by atomic mass is 16.1. The van der Waals surface area contributed by atoms with Gasteiger partial charge in [-0.2, -0.15) is 5.26 Å². The van der Waals surface area contributed by atoms with Gasteiger partial charge in [0, 0.05) is 19.0 Å². The van der Waals surface area contributed by atoms with E-state index in [4.69, 9.17) is 5.26 Å². The van der Waals surface area contributed by atoms with Gasteiger partial charge in [0.25, 0.3) is 5.91 Å². The first-order valence-electron chi connectivity index (χ1n) is 5.79. The molecule has 0 heterocycles. The molecule has 0 bridgehead atoms. The van der Waals surface area contributed by atoms with Crippen LogP contribution in [0.5, 0.6) is 0 Å². The van der Waals surface area contributed by atoms with Gasteiger partial charge in [-0.3, -0.25) is 4.79 Å². The Morgan fingerprint density at radius 1 is 1.47 bits per heavy atom. The van der Waals surface area contributed by atoms with Gasteiger partial charge in [0.2, 0.25) is 0 Å². The summed E-state index contributed by atoms with van der Waals surface area (Å²) in [6, 6.07) is 9.72. The topological polar surface area (TPSA) is 52.9 Å². The number of rotatable bonds is 4. The Hall–Kier alpha value is -1.82. The second kappa shape index (κ2) is 6.05. The third kappa shape index (κ3) is 3.32. The molecule has 0 radical (unpaired) electrons. The molecule has 1 atom stereocenters. The molecule has 0 spiro atoms. The maximum absolute atomic E-state index is 11.5. The highest BCUT2D eigenvalue weighted by Crippen LogP contribution is 2.27. The number of benzene rings is 1. The van der Waals surface area contributed by atoms with Gasteiger partial charge in [-0.1, -0.05) is 26.0 Å². The van der Waals surface area contributed by atoms with Crippen molar-refractivity contribution in [2.45, 2.75) is 26.2 Å². The standard InChI is InChI=1S/C14H18N2O/c1-10(2)13(7-8-15)11-5-4-6-12(9-11)14(17)16-3/h4-6,9-10,13H,7H2,1-3H3,(H,16,17). The smallest absolute Gasteiger partial charge is 0.251 e. The third-order valence-electron chi connectivity index (χ3n) is 2.92. The van der Waals surface area contributed by atoms with Crippen LogP contribution < -0.4 is 5.32 Å². The number of hydrogen-bond donors (Lipinski definition) is 1. The average Bonchev–Trinajstić information content (AvgIpc) is 2.34. The van der Waals surface area contributed by atoms with Gasteiger partial charge >= 0.3 is 0 Å². The Morgan fingerprint density at radius 3 is 2.71 bits per heavy atom. The lowest BCUT2D eigenvalue weighted by Gasteiger charge is -2.18. The number of carbonyl (C=O) groups is 1. The molecule has 0 aliphatic heterocycles. The number of nitriles is 1. The average molecular weight is 230 g/mol. The monoisotopic (exact) mass is 230 g/mol. The van der Waals surface area contributed by atoms with E-state index in [1.54, 1.807) is 13.1 Å². The van der Waals surface area contributed by atoms with E-state index >= 15 is 0 Å². The van der Waals surface area contributed by atoms with E-state index in [0.29, 0.717) is 17.9 Å². The fourth-order valence-electron chi connectivity index (χ4n) is 1.89. The van der Waals surface area contributed by atoms with Gasteiger partial charge in [0.1, 0.15) is 0 Å². The van der Waals surface area contributed by atoms with Crippen molar-refractivity contribution in [1.82, 2.24) is 5.32 Å². The minimum absolute atomic E-state index is 0.0914. The van der Waals surface area contributed by atoms with Gasteiger partial charge in [0.05, 0.1) is 6.07 Å². The van der Waals surface area contributed by atoms with Crippen LogP contribution in [0.4, 0.5) is 0 Å². The van der Waals surface area contributed by atoms with E-state index in [9.17, 15) is 4.79 Å². The minimum Gasteiger partial charge on any atom is -0.355 e. The molecule has 1 rings (SSSR count). The Morgan fingerprint density at radius 2 is 2.18 bits per heavy atom. The van der Waals surface area contributed by atoms with Crippen LogP contribution in [0, 0.1) is 17.2 Å². The van der Waals surface area contributed by atoms with E-state index in [-0.39, 0.29) is 11.8 Å². The van der Waals surface area contributed by atoms with Crippen molar-refractivity contribution in [2.24, 2.45) is 5.92 Å². The zero-order valence-corrected chi connectivity index (χ0v) is 10.5. The van der Waals surface area contributed by atoms with Crippen molar-refractivity contribution >= 4 is 5.91 Å². The summed E-state index contributed by atoms with van der Waals surface area (Å²) in [6.45, 7) is 4.18. The number of amides is 1. The summed E-state index contributed by atoms with van der Waals surface area (Å²) in [7, 11) is 1.62. The van der Waals surface area contributed by atoms with E-state index < -0.39 is 0 Å². The molecule has 0 aliphatic carbocycles. The fourth-order valence-corrected chi connectivity index (χ4v) is 1.89. The van der Waals surface area contributed by atoms with Crippen LogP contribution in [0.15, 0.2) is 24.3 Å². The van der Waals surface area contributed by atoms with Crippen molar-refractivity contribution < 1.29 is 4.79 Å². The van der Waals surface area contributed by atoms with Crippen LogP contribution in [-0.4, -0.2) is 13.0 Å². The van der Waals surface area contributed by atoms with Crippen molar-refractivity contribution in [2.75, 3.05) is 7.05 Å². The Balaban J connectivity index is 3.04. The van der Waals surface area contributed by atoms with Crippen LogP contribution in [0.3, 0.4) is 0 Å². The van der Waals surface area contributed by atoms with Crippen LogP contribution >= 0.6 is 0 Å². The molecule has 1 aromatic carbocycles. The molecule has 0 saturated heterocycles. The Kier molecular flexibility index (Phi) is 4.71. The first-order chi connectivity index (χ1) is 8.10. The quantitative estimate of drug-likeness (QED) is 0.864. The van der Waals surface area contributed by atoms with Gasteiger partial charge < -0.3 is 5.32 Å². The summed E-state index contributed by atoms with van der Waals surface area (Å²) in [5, 5.41) is 11.4. The van der Waals surface area contributed by atoms with Crippen molar-refractivity contribution in [3.8, 4) is 6.07 Å². The van der Waals surface area contributed by atoms with Crippen LogP contribution in [-0.2, 0) is 0 Å². The largest absolute Gasteiger partial charge is 0.355 e. The second-order valence-corrected chi connectivity index (χ2v) is 4.42. The normalized spacial score (nSPS) is 11.9. The summed E-state index contributed by atoms with van der Waals surface area (Å²) in [5.41, 5.74) is 1.70. The zero-order valence-electron chi connectivity index (χ0n) is 10.5. The predicted octanol–water partition coefficient (Wildman–Crippen LogP) is 2.70. The first-order valence-corrected chi connectivity index (χ1v) is 5.79. The number of carbonyl (C=O) groups excluding carboxylic acids is 1. The molecular weight excluding hydrogens is 212 g/mol. The molecule has 1 amide bonds. The summed E-state index contributed by atoms with van der Waals surface area (Å²) in [6.07, 6.45) is 0.481. The molecule has 1 unspecified atom stereocenters. The highest BCUT2D eigenvalue weighted by molar-refractivity contribution is 5.94. The van der Waals surface area contributed by atoms with Gasteiger partial charge in [-0.25, -0.2) is 0 Å². The van der Waals surface area contributed by atoms with Gasteiger partial charge in [0.15, 0.2) is 0 Å². The van der Waals surface area contributed by atoms with E-state index in [1.807, 2.05) is 18.2 Å². The maximum Gasteiger partial charge on any atom is 0.251 e. The van der Waals surface area contributed by atoms with E-state index in [2.05, 4.69) is 25.2 Å². The molecule has 0 saturated carbocycles. The van der Waals surface area contributed by atoms with Gasteiger partial charge in [-0.05, 0) is 29.5 Å². The van der Waals surface area contributed by atoms with Gasteiger partial charge in [-0.15, -0.1) is 0 Å². The maximum atomic E-state index is 11.5. The van der Waals surface area contributed by atoms with E-state index in [0.717, 1.165) is 5.56 Å². The fraction of sp³-hybridized carbons (Fsp3) is 0.429. The molecule has 3 heteroatoms. The number of nitrogens with one attached hydrogen (secondary N) is 1. The van der Waals surface area contributed by atoms with Crippen molar-refractivity contribution in [3.63, 3.8) is 0 Å². The van der Waals surface area contributed by atoms with E-state index in [1.165, 1.54) is 0 Å². The molecule has 1 N–H and O–H groups in total. The molecule has 0 aromatic heterocycles. The lowest BCUT2D eigenvalue weighted by molar-refractivity contribution is 0.0963. The lowest BCUT2D eigenvalue weighted by Crippen LogP contribution is -2.18. The number of nitrogens with zero attached hydrogens (tertiary/aromatic N) is 1. The summed E-state index contributed by atoms with van der Waals surface area (Å²) < 4.78 is 0. The SMILES string of the molecule is CNC(=O)c1cccc(C(CC#N)C(C)C)c1. The minimum atomic E-state index is -0.0914. The summed E-state index contributed by atoms with van der Waals surface area (Å²) in [4.78, 5) is 11.5. The van der Waals surface area contributed by atoms with Crippen LogP contribution in [0.2, 0.25) is 0 Å². The Bertz CT molecular complexity index is 432. The van der Waals surface area contributed by atoms with Crippen LogP contribution in [0.25, 0.3) is 0 Å². The molecule has 1 aromatic rings. The molecule has 0 fully saturated rings. The zero-order chi connectivity index (χ0) is 12.8. The van der Waals surface area contributed by atoms with Crippen LogP contribution in [0.1, 0.15) is 42.1 Å². The first kappa shape index (κ1) is 13.2. The Labute approximate surface area is 102 Å². The predicted molar refractivity (Wildman–Crippen MR) is 67.6 cm³/mol. The molecule has 0 aliphatic rings. The number of hydrogen-bond acceptors (Lipinski definition) is 2. The van der Waals surface area contributed by atoms with Crippen molar-refractivity contribution in [3.05, 3.63) is 35.4 Å².